The molecule has 6 nitrogen and oxygen atoms in total. The number of ketones is 1. The van der Waals surface area contributed by atoms with Crippen LogP contribution in [0.4, 0.5) is 0 Å². The first-order valence-electron chi connectivity index (χ1n) is 11.7. The maximum Gasteiger partial charge on any atom is 0.295 e. The number of rotatable bonds is 7. The number of Topliss-reactive ketones (excluding diaryl/α,β-unsaturated/α-hetero) is 1. The van der Waals surface area contributed by atoms with E-state index < -0.39 is 17.7 Å². The molecule has 2 aliphatic heterocycles. The van der Waals surface area contributed by atoms with Crippen molar-refractivity contribution in [2.45, 2.75) is 38.6 Å². The molecule has 0 aromatic heterocycles. The minimum atomic E-state index is -0.636. The van der Waals surface area contributed by atoms with E-state index in [0.29, 0.717) is 23.8 Å². The van der Waals surface area contributed by atoms with Crippen molar-refractivity contribution in [3.8, 4) is 5.75 Å². The second kappa shape index (κ2) is 9.79. The summed E-state index contributed by atoms with van der Waals surface area (Å²) in [5, 5.41) is 11.2. The number of hydrogen-bond donors (Lipinski definition) is 1. The zero-order valence-corrected chi connectivity index (χ0v) is 19.6. The van der Waals surface area contributed by atoms with Crippen molar-refractivity contribution >= 4 is 17.4 Å². The Morgan fingerprint density at radius 2 is 1.64 bits per heavy atom. The number of ether oxygens (including phenoxy) is 1. The molecule has 2 aliphatic rings. The molecule has 33 heavy (non-hydrogen) atoms. The van der Waals surface area contributed by atoms with Crippen molar-refractivity contribution in [3.63, 3.8) is 0 Å². The van der Waals surface area contributed by atoms with Crippen LogP contribution in [-0.2, 0) is 9.59 Å². The molecule has 1 atom stereocenters. The Bertz CT molecular complexity index is 1030. The molecule has 2 aromatic carbocycles. The Labute approximate surface area is 195 Å². The lowest BCUT2D eigenvalue weighted by Gasteiger charge is -2.27. The van der Waals surface area contributed by atoms with Crippen LogP contribution >= 0.6 is 0 Å². The molecule has 0 radical (unpaired) electrons. The SMILES string of the molecule is COc1ccc(/C(O)=C2\C(=O)C(=O)N(CCN3CCCC3)C2c2ccc(C(C)C)cc2)cc1. The number of likely N-dealkylation sites (tertiary alicyclic amines) is 2. The highest BCUT2D eigenvalue weighted by molar-refractivity contribution is 6.46. The fourth-order valence-corrected chi connectivity index (χ4v) is 4.68. The van der Waals surface area contributed by atoms with Gasteiger partial charge in [0.15, 0.2) is 0 Å². The van der Waals surface area contributed by atoms with Crippen LogP contribution < -0.4 is 4.74 Å². The van der Waals surface area contributed by atoms with E-state index in [9.17, 15) is 14.7 Å². The highest BCUT2D eigenvalue weighted by Crippen LogP contribution is 2.39. The normalized spacial score (nSPS) is 20.7. The summed E-state index contributed by atoms with van der Waals surface area (Å²) in [6.45, 7) is 7.45. The Kier molecular flexibility index (Phi) is 6.84. The van der Waals surface area contributed by atoms with Crippen LogP contribution in [0, 0.1) is 0 Å². The number of benzene rings is 2. The molecule has 2 aromatic rings. The van der Waals surface area contributed by atoms with Crippen LogP contribution in [0.15, 0.2) is 54.1 Å². The summed E-state index contributed by atoms with van der Waals surface area (Å²) in [7, 11) is 1.57. The summed E-state index contributed by atoms with van der Waals surface area (Å²) >= 11 is 0. The maximum atomic E-state index is 13.2. The topological polar surface area (TPSA) is 70.1 Å². The number of amides is 1. The summed E-state index contributed by atoms with van der Waals surface area (Å²) in [4.78, 5) is 30.2. The van der Waals surface area contributed by atoms with Crippen molar-refractivity contribution in [1.29, 1.82) is 0 Å². The second-order valence-electron chi connectivity index (χ2n) is 9.09. The van der Waals surface area contributed by atoms with Crippen molar-refractivity contribution in [2.75, 3.05) is 33.3 Å². The lowest BCUT2D eigenvalue weighted by Crippen LogP contribution is -2.37. The minimum absolute atomic E-state index is 0.142. The molecule has 174 valence electrons. The third-order valence-corrected chi connectivity index (χ3v) is 6.68. The quantitative estimate of drug-likeness (QED) is 0.388. The van der Waals surface area contributed by atoms with Gasteiger partial charge in [0.25, 0.3) is 11.7 Å². The Hall–Kier alpha value is -3.12. The van der Waals surface area contributed by atoms with E-state index in [0.717, 1.165) is 38.0 Å². The van der Waals surface area contributed by atoms with Crippen LogP contribution in [0.25, 0.3) is 5.76 Å². The highest BCUT2D eigenvalue weighted by Gasteiger charge is 2.46. The summed E-state index contributed by atoms with van der Waals surface area (Å²) in [6.07, 6.45) is 2.33. The largest absolute Gasteiger partial charge is 0.507 e. The molecule has 1 amide bonds. The zero-order chi connectivity index (χ0) is 23.5. The van der Waals surface area contributed by atoms with Gasteiger partial charge in [-0.3, -0.25) is 9.59 Å². The van der Waals surface area contributed by atoms with E-state index in [1.807, 2.05) is 24.3 Å². The van der Waals surface area contributed by atoms with Gasteiger partial charge in [-0.05, 0) is 67.2 Å². The van der Waals surface area contributed by atoms with Gasteiger partial charge in [0.2, 0.25) is 0 Å². The lowest BCUT2D eigenvalue weighted by molar-refractivity contribution is -0.140. The number of methoxy groups -OCH3 is 1. The molecule has 0 aliphatic carbocycles. The van der Waals surface area contributed by atoms with Crippen molar-refractivity contribution in [1.82, 2.24) is 9.80 Å². The van der Waals surface area contributed by atoms with E-state index in [4.69, 9.17) is 4.74 Å². The molecule has 2 fully saturated rings. The predicted molar refractivity (Wildman–Crippen MR) is 128 cm³/mol. The Morgan fingerprint density at radius 3 is 2.21 bits per heavy atom. The van der Waals surface area contributed by atoms with Gasteiger partial charge >= 0.3 is 0 Å². The molecular formula is C27H32N2O4. The van der Waals surface area contributed by atoms with Gasteiger partial charge in [-0.1, -0.05) is 38.1 Å². The van der Waals surface area contributed by atoms with E-state index in [1.165, 1.54) is 5.56 Å². The van der Waals surface area contributed by atoms with Crippen LogP contribution in [0.1, 0.15) is 55.3 Å². The van der Waals surface area contributed by atoms with Crippen molar-refractivity contribution < 1.29 is 19.4 Å². The third kappa shape index (κ3) is 4.67. The fraction of sp³-hybridized carbons (Fsp3) is 0.407. The standard InChI is InChI=1S/C27H32N2O4/c1-18(2)19-6-8-20(9-7-19)24-23(25(30)21-10-12-22(33-3)13-11-21)26(31)27(32)29(24)17-16-28-14-4-5-15-28/h6-13,18,24,30H,4-5,14-17H2,1-3H3/b25-23+. The molecular weight excluding hydrogens is 416 g/mol. The van der Waals surface area contributed by atoms with Gasteiger partial charge in [0.05, 0.1) is 18.7 Å². The van der Waals surface area contributed by atoms with Gasteiger partial charge in [-0.25, -0.2) is 0 Å². The third-order valence-electron chi connectivity index (χ3n) is 6.68. The number of aliphatic hydroxyl groups excluding tert-OH is 1. The Morgan fingerprint density at radius 1 is 1.00 bits per heavy atom. The summed E-state index contributed by atoms with van der Waals surface area (Å²) in [5.74, 6) is -0.319. The number of nitrogens with zero attached hydrogens (tertiary/aromatic N) is 2. The first-order valence-corrected chi connectivity index (χ1v) is 11.7. The average molecular weight is 449 g/mol. The summed E-state index contributed by atoms with van der Waals surface area (Å²) in [6, 6.07) is 14.2. The minimum Gasteiger partial charge on any atom is -0.507 e. The van der Waals surface area contributed by atoms with Gasteiger partial charge in [0.1, 0.15) is 11.5 Å². The molecule has 0 spiro atoms. The van der Waals surface area contributed by atoms with Gasteiger partial charge in [-0.15, -0.1) is 0 Å². The van der Waals surface area contributed by atoms with E-state index in [1.54, 1.807) is 36.3 Å². The van der Waals surface area contributed by atoms with Crippen LogP contribution in [0.2, 0.25) is 0 Å². The number of hydrogen-bond acceptors (Lipinski definition) is 5. The highest BCUT2D eigenvalue weighted by atomic mass is 16.5. The Balaban J connectivity index is 1.74. The zero-order valence-electron chi connectivity index (χ0n) is 19.6. The van der Waals surface area contributed by atoms with Gasteiger partial charge in [-0.2, -0.15) is 0 Å². The molecule has 2 saturated heterocycles. The molecule has 1 unspecified atom stereocenters. The monoisotopic (exact) mass is 448 g/mol. The number of carbonyl (C=O) groups excluding carboxylic acids is 2. The molecule has 1 N–H and O–H groups in total. The van der Waals surface area contributed by atoms with Crippen molar-refractivity contribution in [3.05, 3.63) is 70.8 Å². The van der Waals surface area contributed by atoms with E-state index in [2.05, 4.69) is 18.7 Å². The van der Waals surface area contributed by atoms with E-state index >= 15 is 0 Å². The number of aliphatic hydroxyl groups is 1. The van der Waals surface area contributed by atoms with Crippen LogP contribution in [0.3, 0.4) is 0 Å². The van der Waals surface area contributed by atoms with Crippen LogP contribution in [0.5, 0.6) is 5.75 Å². The first kappa shape index (κ1) is 23.1. The molecule has 0 bridgehead atoms. The lowest BCUT2D eigenvalue weighted by atomic mass is 9.93. The summed E-state index contributed by atoms with van der Waals surface area (Å²) < 4.78 is 5.20. The van der Waals surface area contributed by atoms with Crippen LogP contribution in [-0.4, -0.2) is 59.9 Å². The van der Waals surface area contributed by atoms with Crippen molar-refractivity contribution in [2.24, 2.45) is 0 Å². The molecule has 6 heteroatoms. The fourth-order valence-electron chi connectivity index (χ4n) is 4.68. The number of carbonyl (C=O) groups is 2. The second-order valence-corrected chi connectivity index (χ2v) is 9.09. The maximum absolute atomic E-state index is 13.2. The molecule has 0 saturated carbocycles. The first-order chi connectivity index (χ1) is 15.9. The van der Waals surface area contributed by atoms with Gasteiger partial charge in [0, 0.05) is 18.7 Å². The van der Waals surface area contributed by atoms with Gasteiger partial charge < -0.3 is 19.6 Å². The smallest absolute Gasteiger partial charge is 0.295 e. The predicted octanol–water partition coefficient (Wildman–Crippen LogP) is 4.34. The molecule has 2 heterocycles. The molecule has 4 rings (SSSR count). The summed E-state index contributed by atoms with van der Waals surface area (Å²) in [5.41, 5.74) is 2.64. The van der Waals surface area contributed by atoms with E-state index in [-0.39, 0.29) is 11.3 Å². The average Bonchev–Trinajstić information content (AvgIpc) is 3.44.